The first-order valence-electron chi connectivity index (χ1n) is 13.0. The van der Waals surface area contributed by atoms with Crippen LogP contribution in [0.15, 0.2) is 47.5 Å². The summed E-state index contributed by atoms with van der Waals surface area (Å²) in [5.74, 6) is 2.26. The maximum absolute atomic E-state index is 13.2. The first-order valence-corrected chi connectivity index (χ1v) is 16.1. The average Bonchev–Trinajstić information content (AvgIpc) is 3.11. The van der Waals surface area contributed by atoms with Gasteiger partial charge >= 0.3 is 0 Å². The maximum atomic E-state index is 13.2. The molecule has 0 amide bonds. The molecule has 1 saturated heterocycles. The molecule has 1 unspecified atom stereocenters. The van der Waals surface area contributed by atoms with E-state index in [2.05, 4.69) is 57.3 Å². The number of hydrogen-bond acceptors (Lipinski definition) is 8. The van der Waals surface area contributed by atoms with Crippen LogP contribution in [-0.4, -0.2) is 43.0 Å². The average molecular weight is 648 g/mol. The van der Waals surface area contributed by atoms with Crippen LogP contribution in [0.25, 0.3) is 0 Å². The summed E-state index contributed by atoms with van der Waals surface area (Å²) in [4.78, 5) is 11.6. The predicted molar refractivity (Wildman–Crippen MR) is 160 cm³/mol. The molecule has 202 valence electrons. The SMILES string of the molecule is Cc1cc(Nc2ncc(CI)c(N3c4ccccc4S(=O)(=O)C3C)n2)c(OC(C)C)cc1C1CCNCC1. The van der Waals surface area contributed by atoms with Gasteiger partial charge in [-0.15, -0.1) is 0 Å². The van der Waals surface area contributed by atoms with E-state index in [1.807, 2.05) is 30.9 Å². The number of nitrogens with zero attached hydrogens (tertiary/aromatic N) is 3. The quantitative estimate of drug-likeness (QED) is 0.239. The lowest BCUT2D eigenvalue weighted by Crippen LogP contribution is -2.30. The van der Waals surface area contributed by atoms with Crippen LogP contribution in [0, 0.1) is 6.92 Å². The van der Waals surface area contributed by atoms with E-state index in [9.17, 15) is 8.42 Å². The molecule has 0 spiro atoms. The largest absolute Gasteiger partial charge is 0.489 e. The number of nitrogens with one attached hydrogen (secondary N) is 2. The second-order valence-corrected chi connectivity index (χ2v) is 13.2. The fourth-order valence-electron chi connectivity index (χ4n) is 5.31. The summed E-state index contributed by atoms with van der Waals surface area (Å²) in [5.41, 5.74) is 4.83. The van der Waals surface area contributed by atoms with Crippen LogP contribution in [-0.2, 0) is 14.3 Å². The van der Waals surface area contributed by atoms with Crippen LogP contribution in [0.2, 0.25) is 0 Å². The van der Waals surface area contributed by atoms with E-state index in [1.54, 1.807) is 25.3 Å². The van der Waals surface area contributed by atoms with Gasteiger partial charge in [-0.3, -0.25) is 0 Å². The Bertz CT molecular complexity index is 1440. The van der Waals surface area contributed by atoms with Crippen LogP contribution in [0.4, 0.5) is 23.1 Å². The monoisotopic (exact) mass is 647 g/mol. The second-order valence-electron chi connectivity index (χ2n) is 10.2. The van der Waals surface area contributed by atoms with Crippen LogP contribution < -0.4 is 20.3 Å². The topological polar surface area (TPSA) is 96.5 Å². The highest BCUT2D eigenvalue weighted by Crippen LogP contribution is 2.44. The normalized spacial score (nSPS) is 19.0. The summed E-state index contributed by atoms with van der Waals surface area (Å²) in [5, 5.41) is 6.06. The minimum Gasteiger partial charge on any atom is -0.489 e. The molecule has 0 radical (unpaired) electrons. The Labute approximate surface area is 238 Å². The molecule has 2 aromatic carbocycles. The van der Waals surface area contributed by atoms with Crippen molar-refractivity contribution in [2.75, 3.05) is 23.3 Å². The lowest BCUT2D eigenvalue weighted by atomic mass is 9.87. The molecule has 8 nitrogen and oxygen atoms in total. The van der Waals surface area contributed by atoms with E-state index in [0.29, 0.717) is 32.7 Å². The predicted octanol–water partition coefficient (Wildman–Crippen LogP) is 5.99. The highest BCUT2D eigenvalue weighted by atomic mass is 127. The number of aromatic nitrogens is 2. The number of para-hydroxylation sites is 1. The molecule has 0 bridgehead atoms. The number of sulfone groups is 1. The van der Waals surface area contributed by atoms with E-state index in [4.69, 9.17) is 9.72 Å². The van der Waals surface area contributed by atoms with Gasteiger partial charge in [0, 0.05) is 16.2 Å². The number of fused-ring (bicyclic) bond motifs is 1. The number of halogens is 1. The zero-order valence-electron chi connectivity index (χ0n) is 22.2. The van der Waals surface area contributed by atoms with Gasteiger partial charge in [-0.25, -0.2) is 13.4 Å². The van der Waals surface area contributed by atoms with Gasteiger partial charge in [-0.1, -0.05) is 34.7 Å². The molecule has 3 aromatic rings. The summed E-state index contributed by atoms with van der Waals surface area (Å²) in [6.45, 7) is 9.93. The minimum atomic E-state index is -3.50. The smallest absolute Gasteiger partial charge is 0.229 e. The van der Waals surface area contributed by atoms with E-state index >= 15 is 0 Å². The van der Waals surface area contributed by atoms with Gasteiger partial charge in [-0.2, -0.15) is 4.98 Å². The van der Waals surface area contributed by atoms with Gasteiger partial charge in [-0.05, 0) is 94.9 Å². The fraction of sp³-hybridized carbons (Fsp3) is 0.429. The van der Waals surface area contributed by atoms with Gasteiger partial charge in [0.2, 0.25) is 15.8 Å². The molecule has 1 fully saturated rings. The molecule has 38 heavy (non-hydrogen) atoms. The van der Waals surface area contributed by atoms with Gasteiger partial charge in [0.05, 0.1) is 22.4 Å². The van der Waals surface area contributed by atoms with Gasteiger partial charge in [0.15, 0.2) is 0 Å². The number of anilines is 4. The van der Waals surface area contributed by atoms with Crippen molar-refractivity contribution in [3.63, 3.8) is 0 Å². The Kier molecular flexibility index (Phi) is 7.84. The lowest BCUT2D eigenvalue weighted by molar-refractivity contribution is 0.243. The van der Waals surface area contributed by atoms with Gasteiger partial charge in [0.25, 0.3) is 0 Å². The highest BCUT2D eigenvalue weighted by Gasteiger charge is 2.42. The van der Waals surface area contributed by atoms with Gasteiger partial charge in [0.1, 0.15) is 16.9 Å². The molecule has 5 rings (SSSR count). The van der Waals surface area contributed by atoms with Crippen molar-refractivity contribution in [1.82, 2.24) is 15.3 Å². The number of benzene rings is 2. The molecule has 3 heterocycles. The zero-order valence-corrected chi connectivity index (χ0v) is 25.1. The van der Waals surface area contributed by atoms with E-state index < -0.39 is 15.2 Å². The summed E-state index contributed by atoms with van der Waals surface area (Å²) in [6.07, 6.45) is 4.00. The molecule has 1 aromatic heterocycles. The number of piperidine rings is 1. The van der Waals surface area contributed by atoms with E-state index in [1.165, 1.54) is 11.1 Å². The Balaban J connectivity index is 1.54. The molecule has 2 aliphatic rings. The van der Waals surface area contributed by atoms with Crippen LogP contribution in [0.1, 0.15) is 56.2 Å². The Morgan fingerprint density at radius 1 is 1.21 bits per heavy atom. The van der Waals surface area contributed by atoms with Crippen LogP contribution in [0.5, 0.6) is 5.75 Å². The molecule has 10 heteroatoms. The van der Waals surface area contributed by atoms with Gasteiger partial charge < -0.3 is 20.3 Å². The first-order chi connectivity index (χ1) is 18.2. The van der Waals surface area contributed by atoms with E-state index in [0.717, 1.165) is 42.9 Å². The molecule has 2 aliphatic heterocycles. The lowest BCUT2D eigenvalue weighted by Gasteiger charge is -2.27. The molecule has 1 atom stereocenters. The van der Waals surface area contributed by atoms with Crippen LogP contribution >= 0.6 is 22.6 Å². The number of ether oxygens (including phenoxy) is 1. The summed E-state index contributed by atoms with van der Waals surface area (Å²) >= 11 is 2.26. The molecule has 0 saturated carbocycles. The molecule has 2 N–H and O–H groups in total. The molecular formula is C28H34IN5O3S. The first kappa shape index (κ1) is 27.1. The second kappa shape index (κ2) is 11.0. The van der Waals surface area contributed by atoms with Crippen molar-refractivity contribution < 1.29 is 13.2 Å². The van der Waals surface area contributed by atoms with Crippen molar-refractivity contribution in [1.29, 1.82) is 0 Å². The zero-order chi connectivity index (χ0) is 27.0. The van der Waals surface area contributed by atoms with E-state index in [-0.39, 0.29) is 6.10 Å². The Morgan fingerprint density at radius 3 is 2.66 bits per heavy atom. The number of alkyl halides is 1. The summed E-state index contributed by atoms with van der Waals surface area (Å²) < 4.78 is 33.2. The Hall–Kier alpha value is -2.44. The fourth-order valence-corrected chi connectivity index (χ4v) is 7.43. The number of aryl methyl sites for hydroxylation is 1. The van der Waals surface area contributed by atoms with Crippen molar-refractivity contribution in [2.24, 2.45) is 0 Å². The standard InChI is InChI=1S/C28H34IN5O3S/c1-17(2)37-25-14-22(20-9-11-30-12-10-20)18(3)13-23(25)32-28-31-16-21(15-29)27(33-28)34-19(4)38(35,36)26-8-6-5-7-24(26)34/h5-8,13-14,16-17,19-20,30H,9-12,15H2,1-4H3,(H,31,32,33). The maximum Gasteiger partial charge on any atom is 0.229 e. The molecule has 0 aliphatic carbocycles. The minimum absolute atomic E-state index is 0.00385. The Morgan fingerprint density at radius 2 is 1.95 bits per heavy atom. The molecular weight excluding hydrogens is 613 g/mol. The summed E-state index contributed by atoms with van der Waals surface area (Å²) in [7, 11) is -3.50. The van der Waals surface area contributed by atoms with Crippen molar-refractivity contribution in [3.05, 3.63) is 59.3 Å². The third kappa shape index (κ3) is 5.10. The third-order valence-corrected chi connectivity index (χ3v) is 10.1. The number of hydrogen-bond donors (Lipinski definition) is 2. The van der Waals surface area contributed by atoms with Crippen molar-refractivity contribution in [2.45, 2.75) is 67.3 Å². The van der Waals surface area contributed by atoms with Crippen molar-refractivity contribution in [3.8, 4) is 5.75 Å². The third-order valence-electron chi connectivity index (χ3n) is 7.21. The summed E-state index contributed by atoms with van der Waals surface area (Å²) in [6, 6.07) is 11.4. The van der Waals surface area contributed by atoms with Crippen molar-refractivity contribution >= 4 is 55.6 Å². The van der Waals surface area contributed by atoms with Crippen LogP contribution in [0.3, 0.4) is 0 Å². The highest BCUT2D eigenvalue weighted by molar-refractivity contribution is 14.1. The number of rotatable bonds is 7.